The van der Waals surface area contributed by atoms with Crippen LogP contribution in [0.4, 0.5) is 0 Å². The maximum absolute atomic E-state index is 11.6. The fraction of sp³-hybridized carbons (Fsp3) is 0.417. The van der Waals surface area contributed by atoms with Crippen LogP contribution in [0.3, 0.4) is 0 Å². The summed E-state index contributed by atoms with van der Waals surface area (Å²) < 4.78 is 5.14. The highest BCUT2D eigenvalue weighted by Crippen LogP contribution is 2.35. The third kappa shape index (κ3) is 2.00. The van der Waals surface area contributed by atoms with Crippen molar-refractivity contribution >= 4 is 17.4 Å². The fourth-order valence-corrected chi connectivity index (χ4v) is 2.26. The first-order chi connectivity index (χ1) is 7.22. The second kappa shape index (κ2) is 4.23. The van der Waals surface area contributed by atoms with Crippen molar-refractivity contribution in [1.29, 1.82) is 0 Å². The molecule has 0 bridgehead atoms. The van der Waals surface area contributed by atoms with Gasteiger partial charge in [-0.3, -0.25) is 4.79 Å². The van der Waals surface area contributed by atoms with Gasteiger partial charge in [0.2, 0.25) is 0 Å². The average molecular weight is 225 g/mol. The number of hydrogen-bond acceptors (Lipinski definition) is 2. The molecule has 0 saturated heterocycles. The van der Waals surface area contributed by atoms with Gasteiger partial charge < -0.3 is 4.74 Å². The Labute approximate surface area is 94.2 Å². The summed E-state index contributed by atoms with van der Waals surface area (Å²) in [4.78, 5) is 11.6. The number of carbonyl (C=O) groups is 1. The smallest absolute Gasteiger partial charge is 0.140 e. The van der Waals surface area contributed by atoms with Crippen molar-refractivity contribution in [3.63, 3.8) is 0 Å². The van der Waals surface area contributed by atoms with Gasteiger partial charge in [0.05, 0.1) is 12.1 Å². The summed E-state index contributed by atoms with van der Waals surface area (Å²) in [6.45, 7) is 0. The Kier molecular flexibility index (Phi) is 2.96. The molecule has 1 fully saturated rings. The molecule has 2 rings (SSSR count). The molecular weight excluding hydrogens is 212 g/mol. The molecule has 0 spiro atoms. The first kappa shape index (κ1) is 10.5. The Bertz CT molecular complexity index is 387. The molecule has 0 N–H and O–H groups in total. The van der Waals surface area contributed by atoms with Gasteiger partial charge >= 0.3 is 0 Å². The number of ether oxygens (including phenoxy) is 1. The molecule has 1 aliphatic rings. The van der Waals surface area contributed by atoms with Crippen molar-refractivity contribution in [3.05, 3.63) is 28.8 Å². The van der Waals surface area contributed by atoms with Crippen LogP contribution >= 0.6 is 11.6 Å². The van der Waals surface area contributed by atoms with Crippen LogP contribution in [0.1, 0.15) is 30.7 Å². The van der Waals surface area contributed by atoms with E-state index in [1.165, 1.54) is 0 Å². The summed E-state index contributed by atoms with van der Waals surface area (Å²) in [5, 5.41) is 0.590. The van der Waals surface area contributed by atoms with E-state index in [1.54, 1.807) is 13.2 Å². The van der Waals surface area contributed by atoms with Crippen molar-refractivity contribution in [2.45, 2.75) is 25.2 Å². The number of rotatable bonds is 2. The molecule has 80 valence electrons. The Hall–Kier alpha value is -1.02. The highest BCUT2D eigenvalue weighted by molar-refractivity contribution is 6.32. The van der Waals surface area contributed by atoms with Gasteiger partial charge in [-0.1, -0.05) is 17.7 Å². The van der Waals surface area contributed by atoms with E-state index in [4.69, 9.17) is 16.3 Å². The molecule has 1 saturated carbocycles. The van der Waals surface area contributed by atoms with E-state index in [2.05, 4.69) is 0 Å². The van der Waals surface area contributed by atoms with E-state index in [0.29, 0.717) is 23.0 Å². The molecule has 0 radical (unpaired) electrons. The quantitative estimate of drug-likeness (QED) is 0.771. The summed E-state index contributed by atoms with van der Waals surface area (Å²) in [6, 6.07) is 5.58. The standard InChI is InChI=1S/C12H13ClO2/c1-15-12-7-8(5-6-10(12)13)9-3-2-4-11(9)14/h5-7,9H,2-4H2,1H3. The number of benzene rings is 1. The van der Waals surface area contributed by atoms with Crippen molar-refractivity contribution in [3.8, 4) is 5.75 Å². The summed E-state index contributed by atoms with van der Waals surface area (Å²) in [5.74, 6) is 1.03. The number of halogens is 1. The van der Waals surface area contributed by atoms with E-state index in [-0.39, 0.29) is 5.92 Å². The lowest BCUT2D eigenvalue weighted by molar-refractivity contribution is -0.118. The van der Waals surface area contributed by atoms with Gasteiger partial charge in [0.15, 0.2) is 0 Å². The third-order valence-corrected chi connectivity index (χ3v) is 3.19. The minimum atomic E-state index is 0.0520. The minimum absolute atomic E-state index is 0.0520. The highest BCUT2D eigenvalue weighted by atomic mass is 35.5. The molecule has 0 aromatic heterocycles. The van der Waals surface area contributed by atoms with Crippen LogP contribution < -0.4 is 4.74 Å². The Morgan fingerprint density at radius 1 is 1.47 bits per heavy atom. The zero-order valence-corrected chi connectivity index (χ0v) is 9.38. The second-order valence-corrected chi connectivity index (χ2v) is 4.21. The van der Waals surface area contributed by atoms with E-state index in [1.807, 2.05) is 12.1 Å². The lowest BCUT2D eigenvalue weighted by atomic mass is 9.97. The van der Waals surface area contributed by atoms with Crippen molar-refractivity contribution in [1.82, 2.24) is 0 Å². The van der Waals surface area contributed by atoms with E-state index >= 15 is 0 Å². The Balaban J connectivity index is 2.32. The molecule has 1 atom stereocenters. The predicted octanol–water partition coefficient (Wildman–Crippen LogP) is 3.19. The van der Waals surface area contributed by atoms with Crippen molar-refractivity contribution in [2.24, 2.45) is 0 Å². The highest BCUT2D eigenvalue weighted by Gasteiger charge is 2.26. The van der Waals surface area contributed by atoms with Crippen molar-refractivity contribution in [2.75, 3.05) is 7.11 Å². The maximum atomic E-state index is 11.6. The molecular formula is C12H13ClO2. The third-order valence-electron chi connectivity index (χ3n) is 2.88. The normalized spacial score (nSPS) is 20.7. The summed E-state index contributed by atoms with van der Waals surface area (Å²) >= 11 is 5.93. The lowest BCUT2D eigenvalue weighted by Gasteiger charge is -2.10. The fourth-order valence-electron chi connectivity index (χ4n) is 2.06. The van der Waals surface area contributed by atoms with Gasteiger partial charge in [-0.15, -0.1) is 0 Å². The van der Waals surface area contributed by atoms with Gasteiger partial charge in [-0.2, -0.15) is 0 Å². The van der Waals surface area contributed by atoms with Crippen molar-refractivity contribution < 1.29 is 9.53 Å². The number of carbonyl (C=O) groups excluding carboxylic acids is 1. The minimum Gasteiger partial charge on any atom is -0.495 e. The average Bonchev–Trinajstić information content (AvgIpc) is 2.65. The lowest BCUT2D eigenvalue weighted by Crippen LogP contribution is -2.04. The van der Waals surface area contributed by atoms with E-state index in [9.17, 15) is 4.79 Å². The second-order valence-electron chi connectivity index (χ2n) is 3.81. The van der Waals surface area contributed by atoms with Crippen LogP contribution in [0.5, 0.6) is 5.75 Å². The summed E-state index contributed by atoms with van der Waals surface area (Å²) in [7, 11) is 1.58. The van der Waals surface area contributed by atoms with Gasteiger partial charge in [0, 0.05) is 12.3 Å². The molecule has 1 aromatic carbocycles. The molecule has 15 heavy (non-hydrogen) atoms. The number of methoxy groups -OCH3 is 1. The van der Waals surface area contributed by atoms with Crippen LogP contribution in [0.2, 0.25) is 5.02 Å². The number of ketones is 1. The molecule has 1 aromatic rings. The zero-order chi connectivity index (χ0) is 10.8. The SMILES string of the molecule is COc1cc(C2CCCC2=O)ccc1Cl. The van der Waals surface area contributed by atoms with Gasteiger partial charge in [0.1, 0.15) is 11.5 Å². The first-order valence-electron chi connectivity index (χ1n) is 5.08. The largest absolute Gasteiger partial charge is 0.495 e. The molecule has 1 aliphatic carbocycles. The van der Waals surface area contributed by atoms with Crippen LogP contribution in [0.15, 0.2) is 18.2 Å². The van der Waals surface area contributed by atoms with Crippen LogP contribution in [-0.2, 0) is 4.79 Å². The predicted molar refractivity (Wildman–Crippen MR) is 59.6 cm³/mol. The van der Waals surface area contributed by atoms with Crippen LogP contribution in [-0.4, -0.2) is 12.9 Å². The Morgan fingerprint density at radius 3 is 2.87 bits per heavy atom. The van der Waals surface area contributed by atoms with Crippen LogP contribution in [0, 0.1) is 0 Å². The monoisotopic (exact) mass is 224 g/mol. The topological polar surface area (TPSA) is 26.3 Å². The summed E-state index contributed by atoms with van der Waals surface area (Å²) in [5.41, 5.74) is 1.03. The molecule has 2 nitrogen and oxygen atoms in total. The molecule has 0 aliphatic heterocycles. The molecule has 1 unspecified atom stereocenters. The van der Waals surface area contributed by atoms with Crippen LogP contribution in [0.25, 0.3) is 0 Å². The van der Waals surface area contributed by atoms with E-state index in [0.717, 1.165) is 18.4 Å². The first-order valence-corrected chi connectivity index (χ1v) is 5.46. The maximum Gasteiger partial charge on any atom is 0.140 e. The molecule has 0 heterocycles. The van der Waals surface area contributed by atoms with Gasteiger partial charge in [-0.25, -0.2) is 0 Å². The summed E-state index contributed by atoms with van der Waals surface area (Å²) in [6.07, 6.45) is 2.65. The Morgan fingerprint density at radius 2 is 2.27 bits per heavy atom. The van der Waals surface area contributed by atoms with Gasteiger partial charge in [-0.05, 0) is 30.5 Å². The van der Waals surface area contributed by atoms with Gasteiger partial charge in [0.25, 0.3) is 0 Å². The molecule has 0 amide bonds. The van der Waals surface area contributed by atoms with E-state index < -0.39 is 0 Å². The zero-order valence-electron chi connectivity index (χ0n) is 8.63. The molecule has 3 heteroatoms. The number of hydrogen-bond donors (Lipinski definition) is 0. The number of Topliss-reactive ketones (excluding diaryl/α,β-unsaturated/α-hetero) is 1.